The second-order valence-corrected chi connectivity index (χ2v) is 5.42. The molecule has 0 radical (unpaired) electrons. The second-order valence-electron chi connectivity index (χ2n) is 5.42. The number of aromatic nitrogens is 3. The van der Waals surface area contributed by atoms with Crippen molar-refractivity contribution >= 4 is 16.9 Å². The van der Waals surface area contributed by atoms with Crippen molar-refractivity contribution in [2.24, 2.45) is 0 Å². The molecule has 1 aromatic carbocycles. The molecule has 2 aromatic heterocycles. The highest BCUT2D eigenvalue weighted by Crippen LogP contribution is 2.29. The van der Waals surface area contributed by atoms with Gasteiger partial charge in [0.05, 0.1) is 5.52 Å². The minimum absolute atomic E-state index is 0.237. The fourth-order valence-corrected chi connectivity index (χ4v) is 2.78. The zero-order valence-corrected chi connectivity index (χ0v) is 12.2. The first-order chi connectivity index (χ1) is 10.7. The van der Waals surface area contributed by atoms with E-state index in [-0.39, 0.29) is 5.82 Å². The van der Waals surface area contributed by atoms with Gasteiger partial charge in [0.2, 0.25) is 0 Å². The van der Waals surface area contributed by atoms with Crippen LogP contribution in [0.4, 0.5) is 10.2 Å². The Bertz CT molecular complexity index is 856. The Kier molecular flexibility index (Phi) is 2.92. The van der Waals surface area contributed by atoms with Gasteiger partial charge in [-0.15, -0.1) is 0 Å². The fourth-order valence-electron chi connectivity index (χ4n) is 2.78. The molecule has 0 bridgehead atoms. The number of aromatic amines is 1. The predicted octanol–water partition coefficient (Wildman–Crippen LogP) is 3.45. The summed E-state index contributed by atoms with van der Waals surface area (Å²) >= 11 is 0. The second kappa shape index (κ2) is 4.94. The minimum atomic E-state index is -0.237. The van der Waals surface area contributed by atoms with E-state index in [9.17, 15) is 4.39 Å². The van der Waals surface area contributed by atoms with Crippen LogP contribution in [0, 0.1) is 12.7 Å². The van der Waals surface area contributed by atoms with E-state index in [1.54, 1.807) is 12.1 Å². The highest BCUT2D eigenvalue weighted by Gasteiger charge is 2.17. The molecule has 22 heavy (non-hydrogen) atoms. The van der Waals surface area contributed by atoms with Crippen LogP contribution in [0.2, 0.25) is 0 Å². The Morgan fingerprint density at radius 1 is 1.09 bits per heavy atom. The van der Waals surface area contributed by atoms with Gasteiger partial charge in [-0.1, -0.05) is 12.2 Å². The lowest BCUT2D eigenvalue weighted by Gasteiger charge is -2.17. The van der Waals surface area contributed by atoms with Crippen molar-refractivity contribution < 1.29 is 4.39 Å². The number of halogens is 1. The van der Waals surface area contributed by atoms with Gasteiger partial charge in [0.15, 0.2) is 5.82 Å². The molecule has 1 aliphatic heterocycles. The highest BCUT2D eigenvalue weighted by atomic mass is 19.1. The summed E-state index contributed by atoms with van der Waals surface area (Å²) in [5.74, 6) is 1.43. The van der Waals surface area contributed by atoms with Crippen LogP contribution in [0.5, 0.6) is 0 Å². The number of nitrogens with one attached hydrogen (secondary N) is 1. The van der Waals surface area contributed by atoms with Crippen molar-refractivity contribution in [3.63, 3.8) is 0 Å². The summed E-state index contributed by atoms with van der Waals surface area (Å²) in [7, 11) is 0. The molecular weight excluding hydrogens is 279 g/mol. The molecule has 110 valence electrons. The van der Waals surface area contributed by atoms with E-state index in [2.05, 4.69) is 32.0 Å². The Balaban J connectivity index is 1.86. The Morgan fingerprint density at radius 3 is 2.55 bits per heavy atom. The summed E-state index contributed by atoms with van der Waals surface area (Å²) in [6, 6.07) is 8.44. The molecule has 0 atom stereocenters. The van der Waals surface area contributed by atoms with Crippen molar-refractivity contribution in [3.05, 3.63) is 54.1 Å². The van der Waals surface area contributed by atoms with Crippen LogP contribution in [0.3, 0.4) is 0 Å². The van der Waals surface area contributed by atoms with E-state index in [4.69, 9.17) is 0 Å². The lowest BCUT2D eigenvalue weighted by Crippen LogP contribution is -2.20. The molecule has 3 heterocycles. The molecule has 5 heteroatoms. The molecule has 0 amide bonds. The van der Waals surface area contributed by atoms with Crippen molar-refractivity contribution in [1.29, 1.82) is 0 Å². The lowest BCUT2D eigenvalue weighted by molar-refractivity contribution is 0.628. The first kappa shape index (κ1) is 13.0. The van der Waals surface area contributed by atoms with Crippen LogP contribution in [-0.2, 0) is 0 Å². The van der Waals surface area contributed by atoms with E-state index in [0.717, 1.165) is 47.0 Å². The molecule has 3 aromatic rings. The first-order valence-corrected chi connectivity index (χ1v) is 7.24. The van der Waals surface area contributed by atoms with Crippen LogP contribution in [-0.4, -0.2) is 28.0 Å². The third kappa shape index (κ3) is 2.15. The number of nitrogens with zero attached hydrogens (tertiary/aromatic N) is 3. The molecule has 1 N–H and O–H groups in total. The van der Waals surface area contributed by atoms with Crippen molar-refractivity contribution in [1.82, 2.24) is 15.0 Å². The molecule has 1 aliphatic rings. The maximum Gasteiger partial charge on any atom is 0.157 e. The third-order valence-corrected chi connectivity index (χ3v) is 3.84. The van der Waals surface area contributed by atoms with Crippen LogP contribution >= 0.6 is 0 Å². The quantitative estimate of drug-likeness (QED) is 0.736. The average Bonchev–Trinajstić information content (AvgIpc) is 3.16. The molecule has 0 aliphatic carbocycles. The zero-order chi connectivity index (χ0) is 15.1. The summed E-state index contributed by atoms with van der Waals surface area (Å²) in [6.07, 6.45) is 4.26. The zero-order valence-electron chi connectivity index (χ0n) is 12.2. The van der Waals surface area contributed by atoms with Gasteiger partial charge in [-0.2, -0.15) is 0 Å². The van der Waals surface area contributed by atoms with Crippen molar-refractivity contribution in [2.75, 3.05) is 18.0 Å². The van der Waals surface area contributed by atoms with Gasteiger partial charge >= 0.3 is 0 Å². The lowest BCUT2D eigenvalue weighted by atomic mass is 10.1. The molecule has 0 saturated carbocycles. The first-order valence-electron chi connectivity index (χ1n) is 7.24. The summed E-state index contributed by atoms with van der Waals surface area (Å²) in [6.45, 7) is 3.61. The van der Waals surface area contributed by atoms with Gasteiger partial charge in [-0.3, -0.25) is 0 Å². The number of anilines is 1. The van der Waals surface area contributed by atoms with E-state index in [0.29, 0.717) is 0 Å². The molecular formula is C17H15FN4. The SMILES string of the molecule is Cc1nc(N2CC=CC2)c2[nH]c(-c3ccc(F)cc3)cc2n1. The summed E-state index contributed by atoms with van der Waals surface area (Å²) in [4.78, 5) is 14.7. The number of rotatable bonds is 2. The fraction of sp³-hybridized carbons (Fsp3) is 0.176. The summed E-state index contributed by atoms with van der Waals surface area (Å²) < 4.78 is 13.1. The van der Waals surface area contributed by atoms with Gasteiger partial charge in [0.1, 0.15) is 17.2 Å². The van der Waals surface area contributed by atoms with Gasteiger partial charge in [-0.05, 0) is 42.8 Å². The number of aryl methyl sites for hydroxylation is 1. The van der Waals surface area contributed by atoms with E-state index in [1.165, 1.54) is 12.1 Å². The van der Waals surface area contributed by atoms with Crippen LogP contribution in [0.15, 0.2) is 42.5 Å². The van der Waals surface area contributed by atoms with Gasteiger partial charge in [0, 0.05) is 18.8 Å². The van der Waals surface area contributed by atoms with E-state index >= 15 is 0 Å². The smallest absolute Gasteiger partial charge is 0.157 e. The number of hydrogen-bond donors (Lipinski definition) is 1. The maximum absolute atomic E-state index is 13.1. The van der Waals surface area contributed by atoms with Gasteiger partial charge < -0.3 is 9.88 Å². The van der Waals surface area contributed by atoms with E-state index < -0.39 is 0 Å². The monoisotopic (exact) mass is 294 g/mol. The normalized spacial score (nSPS) is 14.2. The minimum Gasteiger partial charge on any atom is -0.350 e. The summed E-state index contributed by atoms with van der Waals surface area (Å²) in [5.41, 5.74) is 3.66. The molecule has 0 spiro atoms. The average molecular weight is 294 g/mol. The predicted molar refractivity (Wildman–Crippen MR) is 85.4 cm³/mol. The molecule has 4 nitrogen and oxygen atoms in total. The number of fused-ring (bicyclic) bond motifs is 1. The number of benzene rings is 1. The molecule has 4 rings (SSSR count). The van der Waals surface area contributed by atoms with Gasteiger partial charge in [-0.25, -0.2) is 14.4 Å². The Hall–Kier alpha value is -2.69. The van der Waals surface area contributed by atoms with Gasteiger partial charge in [0.25, 0.3) is 0 Å². The number of H-pyrrole nitrogens is 1. The van der Waals surface area contributed by atoms with Crippen LogP contribution in [0.25, 0.3) is 22.3 Å². The van der Waals surface area contributed by atoms with Crippen LogP contribution in [0.1, 0.15) is 5.82 Å². The van der Waals surface area contributed by atoms with Crippen LogP contribution < -0.4 is 4.90 Å². The standard InChI is InChI=1S/C17H15FN4/c1-11-19-15-10-14(12-4-6-13(18)7-5-12)21-16(15)17(20-11)22-8-2-3-9-22/h2-7,10,21H,8-9H2,1H3. The van der Waals surface area contributed by atoms with E-state index in [1.807, 2.05) is 13.0 Å². The van der Waals surface area contributed by atoms with Crippen molar-refractivity contribution in [3.8, 4) is 11.3 Å². The molecule has 0 fully saturated rings. The topological polar surface area (TPSA) is 44.8 Å². The Morgan fingerprint density at radius 2 is 1.82 bits per heavy atom. The largest absolute Gasteiger partial charge is 0.350 e. The molecule has 0 unspecified atom stereocenters. The Labute approximate surface area is 127 Å². The maximum atomic E-state index is 13.1. The number of hydrogen-bond acceptors (Lipinski definition) is 3. The highest BCUT2D eigenvalue weighted by molar-refractivity contribution is 5.91. The third-order valence-electron chi connectivity index (χ3n) is 3.84. The summed E-state index contributed by atoms with van der Waals surface area (Å²) in [5, 5.41) is 0. The molecule has 0 saturated heterocycles. The van der Waals surface area contributed by atoms with Crippen molar-refractivity contribution in [2.45, 2.75) is 6.92 Å².